The Labute approximate surface area is 114 Å². The zero-order valence-corrected chi connectivity index (χ0v) is 11.3. The van der Waals surface area contributed by atoms with Gasteiger partial charge in [0.15, 0.2) is 10.3 Å². The van der Waals surface area contributed by atoms with Crippen molar-refractivity contribution in [3.05, 3.63) is 24.3 Å². The highest BCUT2D eigenvalue weighted by molar-refractivity contribution is 8.13. The predicted molar refractivity (Wildman–Crippen MR) is 72.8 cm³/mol. The van der Waals surface area contributed by atoms with Crippen LogP contribution in [0.3, 0.4) is 0 Å². The number of aromatic amines is 1. The topological polar surface area (TPSA) is 72.1 Å². The Balaban J connectivity index is 1.90. The van der Waals surface area contributed by atoms with E-state index in [1.807, 2.05) is 24.3 Å². The summed E-state index contributed by atoms with van der Waals surface area (Å²) < 4.78 is 4.77. The van der Waals surface area contributed by atoms with Crippen LogP contribution in [0.25, 0.3) is 11.0 Å². The summed E-state index contributed by atoms with van der Waals surface area (Å²) >= 11 is 1.02. The van der Waals surface area contributed by atoms with E-state index in [9.17, 15) is 9.59 Å². The maximum Gasteiger partial charge on any atom is 0.306 e. The van der Waals surface area contributed by atoms with Gasteiger partial charge in [-0.25, -0.2) is 4.98 Å². The predicted octanol–water partition coefficient (Wildman–Crippen LogP) is 2.52. The van der Waals surface area contributed by atoms with E-state index in [1.165, 1.54) is 0 Å². The molecule has 0 spiro atoms. The fourth-order valence-corrected chi connectivity index (χ4v) is 2.30. The maximum absolute atomic E-state index is 11.7. The van der Waals surface area contributed by atoms with Gasteiger partial charge < -0.3 is 9.72 Å². The molecule has 1 N–H and O–H groups in total. The van der Waals surface area contributed by atoms with Crippen molar-refractivity contribution in [2.75, 3.05) is 6.61 Å². The summed E-state index contributed by atoms with van der Waals surface area (Å²) in [6.45, 7) is 2.08. The number of ether oxygens (including phenoxy) is 1. The van der Waals surface area contributed by atoms with Gasteiger partial charge in [-0.15, -0.1) is 0 Å². The lowest BCUT2D eigenvalue weighted by Gasteiger charge is -1.99. The van der Waals surface area contributed by atoms with Crippen LogP contribution in [0.5, 0.6) is 0 Å². The standard InChI is InChI=1S/C13H14N2O3S/c1-2-18-11(16)7-8-12(17)19-13-14-9-5-3-4-6-10(9)15-13/h3-6H,2,7-8H2,1H3,(H,14,15). The number of esters is 1. The maximum atomic E-state index is 11.7. The molecule has 6 heteroatoms. The van der Waals surface area contributed by atoms with E-state index < -0.39 is 0 Å². The van der Waals surface area contributed by atoms with E-state index in [4.69, 9.17) is 4.74 Å². The summed E-state index contributed by atoms with van der Waals surface area (Å²) in [7, 11) is 0. The summed E-state index contributed by atoms with van der Waals surface area (Å²) in [4.78, 5) is 30.2. The number of carbonyl (C=O) groups excluding carboxylic acids is 2. The van der Waals surface area contributed by atoms with Gasteiger partial charge in [-0.1, -0.05) is 12.1 Å². The van der Waals surface area contributed by atoms with Gasteiger partial charge in [0.1, 0.15) is 0 Å². The normalized spacial score (nSPS) is 10.6. The molecule has 0 saturated carbocycles. The van der Waals surface area contributed by atoms with E-state index >= 15 is 0 Å². The number of thioether (sulfide) groups is 1. The monoisotopic (exact) mass is 278 g/mol. The number of H-pyrrole nitrogens is 1. The van der Waals surface area contributed by atoms with Crippen molar-refractivity contribution in [2.24, 2.45) is 0 Å². The number of hydrogen-bond acceptors (Lipinski definition) is 5. The Morgan fingerprint density at radius 2 is 2.11 bits per heavy atom. The molecule has 100 valence electrons. The lowest BCUT2D eigenvalue weighted by molar-refractivity contribution is -0.143. The van der Waals surface area contributed by atoms with Gasteiger partial charge in [-0.2, -0.15) is 0 Å². The molecule has 2 aromatic rings. The first kappa shape index (κ1) is 13.6. The Kier molecular flexibility index (Phi) is 4.57. The van der Waals surface area contributed by atoms with E-state index in [0.717, 1.165) is 22.8 Å². The molecule has 0 saturated heterocycles. The zero-order chi connectivity index (χ0) is 13.7. The molecule has 2 rings (SSSR count). The summed E-state index contributed by atoms with van der Waals surface area (Å²) in [5, 5.41) is 0.446. The smallest absolute Gasteiger partial charge is 0.306 e. The van der Waals surface area contributed by atoms with E-state index in [2.05, 4.69) is 9.97 Å². The van der Waals surface area contributed by atoms with E-state index in [1.54, 1.807) is 6.92 Å². The van der Waals surface area contributed by atoms with Crippen LogP contribution in [0, 0.1) is 0 Å². The van der Waals surface area contributed by atoms with Gasteiger partial charge in [-0.3, -0.25) is 9.59 Å². The molecule has 19 heavy (non-hydrogen) atoms. The number of nitrogens with zero attached hydrogens (tertiary/aromatic N) is 1. The fraction of sp³-hybridized carbons (Fsp3) is 0.308. The molecule has 0 amide bonds. The second-order valence-electron chi connectivity index (χ2n) is 3.84. The van der Waals surface area contributed by atoms with Crippen molar-refractivity contribution >= 4 is 33.9 Å². The number of carbonyl (C=O) groups is 2. The van der Waals surface area contributed by atoms with Crippen LogP contribution < -0.4 is 0 Å². The molecule has 5 nitrogen and oxygen atoms in total. The Bertz CT molecular complexity index is 561. The van der Waals surface area contributed by atoms with Crippen molar-refractivity contribution in [2.45, 2.75) is 24.9 Å². The highest BCUT2D eigenvalue weighted by Gasteiger charge is 2.11. The third kappa shape index (κ3) is 3.82. The quantitative estimate of drug-likeness (QED) is 0.672. The Morgan fingerprint density at radius 3 is 2.84 bits per heavy atom. The van der Waals surface area contributed by atoms with Crippen LogP contribution in [0.2, 0.25) is 0 Å². The largest absolute Gasteiger partial charge is 0.466 e. The van der Waals surface area contributed by atoms with E-state index in [-0.39, 0.29) is 23.9 Å². The summed E-state index contributed by atoms with van der Waals surface area (Å²) in [6, 6.07) is 7.56. The average molecular weight is 278 g/mol. The highest BCUT2D eigenvalue weighted by atomic mass is 32.2. The minimum Gasteiger partial charge on any atom is -0.466 e. The molecule has 0 aliphatic heterocycles. The summed E-state index contributed by atoms with van der Waals surface area (Å²) in [6.07, 6.45) is 0.264. The van der Waals surface area contributed by atoms with Crippen LogP contribution in [0.15, 0.2) is 29.4 Å². The van der Waals surface area contributed by atoms with Crippen LogP contribution in [0.4, 0.5) is 0 Å². The first-order chi connectivity index (χ1) is 9.19. The van der Waals surface area contributed by atoms with Crippen molar-refractivity contribution in [1.82, 2.24) is 9.97 Å². The minimum atomic E-state index is -0.346. The van der Waals surface area contributed by atoms with Gasteiger partial charge in [-0.05, 0) is 30.8 Å². The third-order valence-electron chi connectivity index (χ3n) is 2.42. The summed E-state index contributed by atoms with van der Waals surface area (Å²) in [5.74, 6) is -0.346. The van der Waals surface area contributed by atoms with Crippen LogP contribution in [0.1, 0.15) is 19.8 Å². The average Bonchev–Trinajstić information content (AvgIpc) is 2.78. The lowest BCUT2D eigenvalue weighted by atomic mass is 10.3. The zero-order valence-electron chi connectivity index (χ0n) is 10.5. The number of imidazole rings is 1. The van der Waals surface area contributed by atoms with Crippen molar-refractivity contribution in [3.8, 4) is 0 Å². The summed E-state index contributed by atoms with van der Waals surface area (Å²) in [5.41, 5.74) is 1.71. The SMILES string of the molecule is CCOC(=O)CCC(=O)Sc1nc2ccccc2[nH]1. The highest BCUT2D eigenvalue weighted by Crippen LogP contribution is 2.21. The lowest BCUT2D eigenvalue weighted by Crippen LogP contribution is -2.06. The van der Waals surface area contributed by atoms with Crippen LogP contribution >= 0.6 is 11.8 Å². The molecular formula is C13H14N2O3S. The van der Waals surface area contributed by atoms with Gasteiger partial charge >= 0.3 is 5.97 Å². The fourth-order valence-electron chi connectivity index (χ4n) is 1.57. The second-order valence-corrected chi connectivity index (χ2v) is 4.88. The number of aromatic nitrogens is 2. The molecule has 0 unspecified atom stereocenters. The number of rotatable bonds is 5. The molecule has 0 aliphatic rings. The molecule has 1 aromatic carbocycles. The first-order valence-electron chi connectivity index (χ1n) is 6.00. The number of nitrogens with one attached hydrogen (secondary N) is 1. The number of hydrogen-bond donors (Lipinski definition) is 1. The van der Waals surface area contributed by atoms with Gasteiger partial charge in [0, 0.05) is 6.42 Å². The van der Waals surface area contributed by atoms with Crippen molar-refractivity contribution in [1.29, 1.82) is 0 Å². The molecule has 0 aliphatic carbocycles. The first-order valence-corrected chi connectivity index (χ1v) is 6.81. The third-order valence-corrected chi connectivity index (χ3v) is 3.24. The van der Waals surface area contributed by atoms with Crippen molar-refractivity contribution < 1.29 is 14.3 Å². The minimum absolute atomic E-state index is 0.105. The molecule has 1 aromatic heterocycles. The Hall–Kier alpha value is -1.82. The van der Waals surface area contributed by atoms with Gasteiger partial charge in [0.2, 0.25) is 0 Å². The number of benzene rings is 1. The van der Waals surface area contributed by atoms with E-state index in [0.29, 0.717) is 11.8 Å². The van der Waals surface area contributed by atoms with Gasteiger partial charge in [0.25, 0.3) is 0 Å². The molecule has 1 heterocycles. The molecule has 0 fully saturated rings. The van der Waals surface area contributed by atoms with Crippen LogP contribution in [-0.4, -0.2) is 27.7 Å². The molecule has 0 atom stereocenters. The van der Waals surface area contributed by atoms with Crippen molar-refractivity contribution in [3.63, 3.8) is 0 Å². The van der Waals surface area contributed by atoms with Crippen LogP contribution in [-0.2, 0) is 14.3 Å². The number of para-hydroxylation sites is 2. The number of fused-ring (bicyclic) bond motifs is 1. The molecule has 0 radical (unpaired) electrons. The second kappa shape index (κ2) is 6.38. The Morgan fingerprint density at radius 1 is 1.32 bits per heavy atom. The molecule has 0 bridgehead atoms. The molecular weight excluding hydrogens is 264 g/mol. The van der Waals surface area contributed by atoms with Gasteiger partial charge in [0.05, 0.1) is 24.1 Å².